The Balaban J connectivity index is 1.86. The fourth-order valence-corrected chi connectivity index (χ4v) is 2.97. The molecule has 23 heavy (non-hydrogen) atoms. The molecule has 0 aliphatic carbocycles. The number of rotatable bonds is 2. The van der Waals surface area contributed by atoms with Gasteiger partial charge >= 0.3 is 0 Å². The first kappa shape index (κ1) is 13.8. The lowest BCUT2D eigenvalue weighted by Gasteiger charge is -2.23. The molecule has 5 nitrogen and oxygen atoms in total. The summed E-state index contributed by atoms with van der Waals surface area (Å²) in [6, 6.07) is 11.8. The molecular formula is C18H17N3O2. The Hall–Kier alpha value is -2.82. The van der Waals surface area contributed by atoms with Gasteiger partial charge in [-0.15, -0.1) is 0 Å². The van der Waals surface area contributed by atoms with E-state index in [-0.39, 0.29) is 5.91 Å². The van der Waals surface area contributed by atoms with Gasteiger partial charge in [0.1, 0.15) is 11.4 Å². The third kappa shape index (κ3) is 2.16. The maximum absolute atomic E-state index is 11.8. The fourth-order valence-electron chi connectivity index (χ4n) is 2.97. The predicted octanol–water partition coefficient (Wildman–Crippen LogP) is 3.28. The quantitative estimate of drug-likeness (QED) is 0.790. The van der Waals surface area contributed by atoms with Gasteiger partial charge in [-0.3, -0.25) is 4.79 Å². The number of benzene rings is 1. The molecule has 1 N–H and O–H groups in total. The summed E-state index contributed by atoms with van der Waals surface area (Å²) in [5.74, 6) is 0.572. The Labute approximate surface area is 133 Å². The molecule has 116 valence electrons. The Morgan fingerprint density at radius 2 is 2.17 bits per heavy atom. The van der Waals surface area contributed by atoms with Gasteiger partial charge in [0.2, 0.25) is 0 Å². The van der Waals surface area contributed by atoms with E-state index in [1.54, 1.807) is 6.92 Å². The summed E-state index contributed by atoms with van der Waals surface area (Å²) in [7, 11) is 0. The van der Waals surface area contributed by atoms with Gasteiger partial charge in [0.25, 0.3) is 5.91 Å². The van der Waals surface area contributed by atoms with Crippen molar-refractivity contribution in [3.8, 4) is 17.0 Å². The van der Waals surface area contributed by atoms with Crippen molar-refractivity contribution in [2.45, 2.75) is 26.4 Å². The van der Waals surface area contributed by atoms with E-state index in [9.17, 15) is 4.79 Å². The molecule has 0 bridgehead atoms. The van der Waals surface area contributed by atoms with E-state index in [4.69, 9.17) is 9.72 Å². The van der Waals surface area contributed by atoms with E-state index < -0.39 is 6.10 Å². The van der Waals surface area contributed by atoms with Crippen LogP contribution < -0.4 is 10.1 Å². The van der Waals surface area contributed by atoms with Crippen LogP contribution in [0.3, 0.4) is 0 Å². The number of imidazole rings is 1. The minimum Gasteiger partial charge on any atom is -0.479 e. The molecule has 0 saturated heterocycles. The smallest absolute Gasteiger partial charge is 0.265 e. The molecule has 5 heteroatoms. The van der Waals surface area contributed by atoms with Crippen LogP contribution in [0.2, 0.25) is 0 Å². The zero-order chi connectivity index (χ0) is 16.0. The maximum atomic E-state index is 11.8. The third-order valence-electron chi connectivity index (χ3n) is 4.15. The van der Waals surface area contributed by atoms with Crippen molar-refractivity contribution >= 4 is 17.2 Å². The highest BCUT2D eigenvalue weighted by Gasteiger charge is 2.24. The SMILES string of the molecule is CCc1c(-c2ccc3c(c2)NC(=O)C(C)O3)nc2ccccn12. The summed E-state index contributed by atoms with van der Waals surface area (Å²) in [5, 5.41) is 2.89. The Bertz CT molecular complexity index is 914. The lowest BCUT2D eigenvalue weighted by Crippen LogP contribution is -2.34. The van der Waals surface area contributed by atoms with Crippen LogP contribution in [-0.4, -0.2) is 21.4 Å². The second-order valence-electron chi connectivity index (χ2n) is 5.65. The molecule has 3 aromatic rings. The summed E-state index contributed by atoms with van der Waals surface area (Å²) in [5.41, 5.74) is 4.68. The number of nitrogens with zero attached hydrogens (tertiary/aromatic N) is 2. The summed E-state index contributed by atoms with van der Waals surface area (Å²) >= 11 is 0. The van der Waals surface area contributed by atoms with Gasteiger partial charge in [0.05, 0.1) is 17.1 Å². The van der Waals surface area contributed by atoms with Gasteiger partial charge in [-0.2, -0.15) is 0 Å². The topological polar surface area (TPSA) is 55.6 Å². The average molecular weight is 307 g/mol. The van der Waals surface area contributed by atoms with Crippen LogP contribution in [0.4, 0.5) is 5.69 Å². The molecular weight excluding hydrogens is 290 g/mol. The minimum absolute atomic E-state index is 0.125. The Kier molecular flexibility index (Phi) is 3.08. The number of hydrogen-bond donors (Lipinski definition) is 1. The number of carbonyl (C=O) groups is 1. The van der Waals surface area contributed by atoms with Crippen LogP contribution in [0.1, 0.15) is 19.5 Å². The summed E-state index contributed by atoms with van der Waals surface area (Å²) in [6.07, 6.45) is 2.43. The van der Waals surface area contributed by atoms with Gasteiger partial charge in [-0.05, 0) is 43.7 Å². The van der Waals surface area contributed by atoms with E-state index in [2.05, 4.69) is 16.6 Å². The normalized spacial score (nSPS) is 16.8. The van der Waals surface area contributed by atoms with Crippen molar-refractivity contribution in [2.75, 3.05) is 5.32 Å². The number of ether oxygens (including phenoxy) is 1. The average Bonchev–Trinajstić information content (AvgIpc) is 2.94. The molecule has 1 atom stereocenters. The number of aryl methyl sites for hydroxylation is 1. The first-order valence-corrected chi connectivity index (χ1v) is 7.75. The van der Waals surface area contributed by atoms with E-state index in [0.29, 0.717) is 11.4 Å². The molecule has 1 aromatic carbocycles. The van der Waals surface area contributed by atoms with Gasteiger partial charge in [0, 0.05) is 11.8 Å². The maximum Gasteiger partial charge on any atom is 0.265 e. The number of hydrogen-bond acceptors (Lipinski definition) is 3. The molecule has 1 unspecified atom stereocenters. The van der Waals surface area contributed by atoms with E-state index in [1.165, 1.54) is 0 Å². The van der Waals surface area contributed by atoms with Crippen LogP contribution in [0, 0.1) is 0 Å². The highest BCUT2D eigenvalue weighted by molar-refractivity contribution is 5.98. The van der Waals surface area contributed by atoms with Crippen LogP contribution >= 0.6 is 0 Å². The van der Waals surface area contributed by atoms with Crippen LogP contribution in [0.5, 0.6) is 5.75 Å². The van der Waals surface area contributed by atoms with Crippen molar-refractivity contribution in [2.24, 2.45) is 0 Å². The van der Waals surface area contributed by atoms with Crippen molar-refractivity contribution in [3.05, 3.63) is 48.3 Å². The molecule has 1 amide bonds. The highest BCUT2D eigenvalue weighted by Crippen LogP contribution is 2.35. The Morgan fingerprint density at radius 1 is 1.30 bits per heavy atom. The molecule has 1 aliphatic heterocycles. The number of nitrogens with one attached hydrogen (secondary N) is 1. The van der Waals surface area contributed by atoms with E-state index in [1.807, 2.05) is 42.6 Å². The first-order valence-electron chi connectivity index (χ1n) is 7.75. The highest BCUT2D eigenvalue weighted by atomic mass is 16.5. The summed E-state index contributed by atoms with van der Waals surface area (Å²) in [4.78, 5) is 16.6. The number of anilines is 1. The number of fused-ring (bicyclic) bond motifs is 2. The first-order chi connectivity index (χ1) is 11.2. The minimum atomic E-state index is -0.463. The third-order valence-corrected chi connectivity index (χ3v) is 4.15. The Morgan fingerprint density at radius 3 is 3.00 bits per heavy atom. The van der Waals surface area contributed by atoms with Gasteiger partial charge in [0.15, 0.2) is 6.10 Å². The number of pyridine rings is 1. The van der Waals surface area contributed by atoms with E-state index >= 15 is 0 Å². The zero-order valence-electron chi connectivity index (χ0n) is 13.0. The molecule has 3 heterocycles. The summed E-state index contributed by atoms with van der Waals surface area (Å²) < 4.78 is 7.72. The van der Waals surface area contributed by atoms with Crippen molar-refractivity contribution in [1.29, 1.82) is 0 Å². The van der Waals surface area contributed by atoms with E-state index in [0.717, 1.165) is 29.0 Å². The number of amides is 1. The number of aromatic nitrogens is 2. The predicted molar refractivity (Wildman–Crippen MR) is 88.7 cm³/mol. The molecule has 4 rings (SSSR count). The van der Waals surface area contributed by atoms with Crippen molar-refractivity contribution in [3.63, 3.8) is 0 Å². The summed E-state index contributed by atoms with van der Waals surface area (Å²) in [6.45, 7) is 3.86. The lowest BCUT2D eigenvalue weighted by atomic mass is 10.1. The number of carbonyl (C=O) groups excluding carboxylic acids is 1. The molecule has 0 spiro atoms. The molecule has 0 fully saturated rings. The lowest BCUT2D eigenvalue weighted by molar-refractivity contribution is -0.122. The van der Waals surface area contributed by atoms with Crippen molar-refractivity contribution < 1.29 is 9.53 Å². The van der Waals surface area contributed by atoms with Crippen LogP contribution in [-0.2, 0) is 11.2 Å². The molecule has 0 radical (unpaired) electrons. The standard InChI is InChI=1S/C18H17N3O2/c1-3-14-17(20-16-6-4-5-9-21(14)16)12-7-8-15-13(10-12)19-18(22)11(2)23-15/h4-11H,3H2,1-2H3,(H,19,22). The largest absolute Gasteiger partial charge is 0.479 e. The van der Waals surface area contributed by atoms with Gasteiger partial charge in [-0.25, -0.2) is 4.98 Å². The van der Waals surface area contributed by atoms with Crippen LogP contribution in [0.25, 0.3) is 16.9 Å². The van der Waals surface area contributed by atoms with Crippen molar-refractivity contribution in [1.82, 2.24) is 9.38 Å². The monoisotopic (exact) mass is 307 g/mol. The van der Waals surface area contributed by atoms with Gasteiger partial charge < -0.3 is 14.5 Å². The molecule has 0 saturated carbocycles. The second kappa shape index (κ2) is 5.12. The second-order valence-corrected chi connectivity index (χ2v) is 5.65. The van der Waals surface area contributed by atoms with Gasteiger partial charge in [-0.1, -0.05) is 13.0 Å². The van der Waals surface area contributed by atoms with Crippen LogP contribution in [0.15, 0.2) is 42.6 Å². The molecule has 1 aliphatic rings. The molecule has 2 aromatic heterocycles. The fraction of sp³-hybridized carbons (Fsp3) is 0.222. The zero-order valence-corrected chi connectivity index (χ0v) is 13.0.